The van der Waals surface area contributed by atoms with Crippen LogP contribution >= 0.6 is 0 Å². The predicted octanol–water partition coefficient (Wildman–Crippen LogP) is 5.28. The minimum absolute atomic E-state index is 0.0762. The fourth-order valence-corrected chi connectivity index (χ4v) is 3.52. The standard InChI is InChI=1S/C24H37NO3/c1-23(2,3)18-13-17(14-19(15-18)24(4,5)6)22(27)28-16-21(26)25-20-11-9-7-8-10-12-20/h13-15,20H,7-12,16H2,1-6H3,(H,25,26). The number of hydrogen-bond acceptors (Lipinski definition) is 3. The van der Waals surface area contributed by atoms with Crippen LogP contribution in [0.4, 0.5) is 0 Å². The van der Waals surface area contributed by atoms with Crippen LogP contribution < -0.4 is 5.32 Å². The highest BCUT2D eigenvalue weighted by Gasteiger charge is 2.23. The van der Waals surface area contributed by atoms with Crippen molar-refractivity contribution in [2.45, 2.75) is 96.9 Å². The smallest absolute Gasteiger partial charge is 0.338 e. The van der Waals surface area contributed by atoms with Crippen molar-refractivity contribution >= 4 is 11.9 Å². The molecule has 0 bridgehead atoms. The second-order valence-corrected chi connectivity index (χ2v) is 10.1. The Morgan fingerprint density at radius 2 is 1.39 bits per heavy atom. The van der Waals surface area contributed by atoms with E-state index in [4.69, 9.17) is 4.74 Å². The first-order valence-electron chi connectivity index (χ1n) is 10.6. The molecule has 1 aliphatic carbocycles. The Morgan fingerprint density at radius 3 is 1.86 bits per heavy atom. The third kappa shape index (κ3) is 6.65. The SMILES string of the molecule is CC(C)(C)c1cc(C(=O)OCC(=O)NC2CCCCCC2)cc(C(C)(C)C)c1. The van der Waals surface area contributed by atoms with E-state index in [0.717, 1.165) is 36.8 Å². The van der Waals surface area contributed by atoms with Crippen LogP contribution in [0, 0.1) is 0 Å². The van der Waals surface area contributed by atoms with Crippen LogP contribution in [0.3, 0.4) is 0 Å². The summed E-state index contributed by atoms with van der Waals surface area (Å²) in [5.74, 6) is -0.643. The number of benzene rings is 1. The maximum atomic E-state index is 12.7. The van der Waals surface area contributed by atoms with E-state index in [2.05, 4.69) is 52.9 Å². The van der Waals surface area contributed by atoms with E-state index in [1.807, 2.05) is 12.1 Å². The normalized spacial score (nSPS) is 16.4. The number of ether oxygens (including phenoxy) is 1. The fraction of sp³-hybridized carbons (Fsp3) is 0.667. The van der Waals surface area contributed by atoms with Gasteiger partial charge in [0.2, 0.25) is 0 Å². The molecule has 1 amide bonds. The molecule has 0 radical (unpaired) electrons. The molecule has 0 aliphatic heterocycles. The Morgan fingerprint density at radius 1 is 0.893 bits per heavy atom. The average molecular weight is 388 g/mol. The van der Waals surface area contributed by atoms with Crippen LogP contribution in [-0.2, 0) is 20.4 Å². The van der Waals surface area contributed by atoms with Gasteiger partial charge in [-0.1, -0.05) is 73.3 Å². The number of carbonyl (C=O) groups excluding carboxylic acids is 2. The molecule has 0 unspecified atom stereocenters. The lowest BCUT2D eigenvalue weighted by atomic mass is 9.79. The van der Waals surface area contributed by atoms with Crippen molar-refractivity contribution in [3.05, 3.63) is 34.9 Å². The Hall–Kier alpha value is -1.84. The Balaban J connectivity index is 2.05. The summed E-state index contributed by atoms with van der Waals surface area (Å²) >= 11 is 0. The first-order chi connectivity index (χ1) is 13.0. The number of amides is 1. The van der Waals surface area contributed by atoms with E-state index < -0.39 is 5.97 Å². The van der Waals surface area contributed by atoms with Crippen LogP contribution in [0.25, 0.3) is 0 Å². The molecule has 156 valence electrons. The topological polar surface area (TPSA) is 55.4 Å². The van der Waals surface area contributed by atoms with Crippen molar-refractivity contribution < 1.29 is 14.3 Å². The summed E-state index contributed by atoms with van der Waals surface area (Å²) < 4.78 is 5.35. The summed E-state index contributed by atoms with van der Waals surface area (Å²) in [5, 5.41) is 3.02. The zero-order chi connectivity index (χ0) is 20.9. The lowest BCUT2D eigenvalue weighted by molar-refractivity contribution is -0.125. The predicted molar refractivity (Wildman–Crippen MR) is 114 cm³/mol. The van der Waals surface area contributed by atoms with Crippen LogP contribution in [-0.4, -0.2) is 24.5 Å². The lowest BCUT2D eigenvalue weighted by Gasteiger charge is -2.26. The number of carbonyl (C=O) groups is 2. The zero-order valence-electron chi connectivity index (χ0n) is 18.5. The van der Waals surface area contributed by atoms with Crippen LogP contribution in [0.1, 0.15) is 102 Å². The van der Waals surface area contributed by atoms with E-state index in [-0.39, 0.29) is 29.4 Å². The van der Waals surface area contributed by atoms with Gasteiger partial charge < -0.3 is 10.1 Å². The first kappa shape index (κ1) is 22.4. The first-order valence-corrected chi connectivity index (χ1v) is 10.6. The molecule has 0 heterocycles. The van der Waals surface area contributed by atoms with Crippen LogP contribution in [0.5, 0.6) is 0 Å². The second kappa shape index (κ2) is 9.11. The van der Waals surface area contributed by atoms with Gasteiger partial charge in [0, 0.05) is 6.04 Å². The highest BCUT2D eigenvalue weighted by Crippen LogP contribution is 2.30. The van der Waals surface area contributed by atoms with Gasteiger partial charge in [0.15, 0.2) is 6.61 Å². The Kier molecular flexibility index (Phi) is 7.30. The number of rotatable bonds is 4. The van der Waals surface area contributed by atoms with Crippen molar-refractivity contribution in [1.82, 2.24) is 5.32 Å². The molecule has 1 N–H and O–H groups in total. The van der Waals surface area contributed by atoms with Gasteiger partial charge in [-0.25, -0.2) is 4.79 Å². The zero-order valence-corrected chi connectivity index (χ0v) is 18.5. The molecular weight excluding hydrogens is 350 g/mol. The van der Waals surface area contributed by atoms with E-state index in [9.17, 15) is 9.59 Å². The maximum absolute atomic E-state index is 12.7. The van der Waals surface area contributed by atoms with Crippen molar-refractivity contribution in [3.8, 4) is 0 Å². The number of hydrogen-bond donors (Lipinski definition) is 1. The van der Waals surface area contributed by atoms with Gasteiger partial charge in [-0.3, -0.25) is 4.79 Å². The molecule has 1 aromatic rings. The molecule has 0 aromatic heterocycles. The summed E-state index contributed by atoms with van der Waals surface area (Å²) in [7, 11) is 0. The largest absolute Gasteiger partial charge is 0.452 e. The quantitative estimate of drug-likeness (QED) is 0.565. The third-order valence-corrected chi connectivity index (χ3v) is 5.46. The summed E-state index contributed by atoms with van der Waals surface area (Å²) in [6.07, 6.45) is 6.81. The van der Waals surface area contributed by atoms with E-state index in [1.54, 1.807) is 0 Å². The minimum Gasteiger partial charge on any atom is -0.452 e. The second-order valence-electron chi connectivity index (χ2n) is 10.1. The molecule has 0 saturated heterocycles. The molecule has 0 atom stereocenters. The average Bonchev–Trinajstić information content (AvgIpc) is 2.86. The summed E-state index contributed by atoms with van der Waals surface area (Å²) in [4.78, 5) is 24.9. The number of nitrogens with one attached hydrogen (secondary N) is 1. The van der Waals surface area contributed by atoms with Gasteiger partial charge in [-0.15, -0.1) is 0 Å². The van der Waals surface area contributed by atoms with Gasteiger partial charge in [0.1, 0.15) is 0 Å². The fourth-order valence-electron chi connectivity index (χ4n) is 3.52. The third-order valence-electron chi connectivity index (χ3n) is 5.46. The molecule has 0 spiro atoms. The Labute approximate surface area is 170 Å². The lowest BCUT2D eigenvalue weighted by Crippen LogP contribution is -2.37. The summed E-state index contributed by atoms with van der Waals surface area (Å²) in [6.45, 7) is 12.6. The van der Waals surface area contributed by atoms with E-state index in [1.165, 1.54) is 12.8 Å². The number of esters is 1. The monoisotopic (exact) mass is 387 g/mol. The van der Waals surface area contributed by atoms with Gasteiger partial charge in [-0.05, 0) is 46.9 Å². The summed E-state index contributed by atoms with van der Waals surface area (Å²) in [6, 6.07) is 6.15. The van der Waals surface area contributed by atoms with Crippen molar-refractivity contribution in [3.63, 3.8) is 0 Å². The highest BCUT2D eigenvalue weighted by molar-refractivity contribution is 5.92. The van der Waals surface area contributed by atoms with Gasteiger partial charge in [0.05, 0.1) is 5.56 Å². The van der Waals surface area contributed by atoms with Gasteiger partial charge >= 0.3 is 5.97 Å². The van der Waals surface area contributed by atoms with Crippen molar-refractivity contribution in [1.29, 1.82) is 0 Å². The molecule has 4 heteroatoms. The van der Waals surface area contributed by atoms with E-state index >= 15 is 0 Å². The van der Waals surface area contributed by atoms with Gasteiger partial charge in [0.25, 0.3) is 5.91 Å². The molecule has 1 aliphatic rings. The van der Waals surface area contributed by atoms with Crippen LogP contribution in [0.15, 0.2) is 18.2 Å². The maximum Gasteiger partial charge on any atom is 0.338 e. The summed E-state index contributed by atoms with van der Waals surface area (Å²) in [5.41, 5.74) is 2.55. The highest BCUT2D eigenvalue weighted by atomic mass is 16.5. The van der Waals surface area contributed by atoms with Crippen molar-refractivity contribution in [2.75, 3.05) is 6.61 Å². The molecule has 1 saturated carbocycles. The minimum atomic E-state index is -0.437. The molecule has 2 rings (SSSR count). The molecule has 1 fully saturated rings. The molecule has 1 aromatic carbocycles. The molecular formula is C24H37NO3. The van der Waals surface area contributed by atoms with Crippen molar-refractivity contribution in [2.24, 2.45) is 0 Å². The van der Waals surface area contributed by atoms with Gasteiger partial charge in [-0.2, -0.15) is 0 Å². The molecule has 4 nitrogen and oxygen atoms in total. The van der Waals surface area contributed by atoms with E-state index in [0.29, 0.717) is 5.56 Å². The Bertz CT molecular complexity index is 655. The molecule has 28 heavy (non-hydrogen) atoms. The van der Waals surface area contributed by atoms with Crippen LogP contribution in [0.2, 0.25) is 0 Å².